The van der Waals surface area contributed by atoms with Crippen molar-refractivity contribution in [2.24, 2.45) is 4.99 Å². The first-order valence-corrected chi connectivity index (χ1v) is 8.65. The Kier molecular flexibility index (Phi) is 8.03. The van der Waals surface area contributed by atoms with Crippen LogP contribution in [0.15, 0.2) is 64.2 Å². The highest BCUT2D eigenvalue weighted by atomic mass is 127. The van der Waals surface area contributed by atoms with Gasteiger partial charge in [-0.05, 0) is 25.1 Å². The Labute approximate surface area is 171 Å². The average Bonchev–Trinajstić information content (AvgIpc) is 3.13. The SMILES string of the molecule is C=C(C)CN=C(NCCc1ccco1)NC1CCOc2ccccc21.I. The van der Waals surface area contributed by atoms with Crippen LogP contribution in [-0.2, 0) is 6.42 Å². The van der Waals surface area contributed by atoms with Gasteiger partial charge in [0.1, 0.15) is 11.5 Å². The van der Waals surface area contributed by atoms with Gasteiger partial charge in [-0.2, -0.15) is 0 Å². The summed E-state index contributed by atoms with van der Waals surface area (Å²) in [6, 6.07) is 12.2. The second-order valence-corrected chi connectivity index (χ2v) is 6.25. The molecule has 1 atom stereocenters. The molecule has 5 nitrogen and oxygen atoms in total. The van der Waals surface area contributed by atoms with Crippen LogP contribution >= 0.6 is 24.0 Å². The van der Waals surface area contributed by atoms with E-state index in [0.717, 1.165) is 42.4 Å². The van der Waals surface area contributed by atoms with Crippen molar-refractivity contribution in [3.05, 3.63) is 66.1 Å². The Morgan fingerprint density at radius 3 is 2.88 bits per heavy atom. The molecule has 0 aliphatic carbocycles. The Bertz CT molecular complexity index is 728. The maximum atomic E-state index is 5.74. The van der Waals surface area contributed by atoms with Crippen LogP contribution in [0.3, 0.4) is 0 Å². The summed E-state index contributed by atoms with van der Waals surface area (Å²) in [5, 5.41) is 6.92. The van der Waals surface area contributed by atoms with Crippen molar-refractivity contribution in [3.8, 4) is 5.75 Å². The van der Waals surface area contributed by atoms with Crippen molar-refractivity contribution in [1.29, 1.82) is 0 Å². The van der Waals surface area contributed by atoms with Crippen LogP contribution in [0, 0.1) is 0 Å². The van der Waals surface area contributed by atoms with E-state index in [0.29, 0.717) is 13.2 Å². The molecule has 0 bridgehead atoms. The molecule has 140 valence electrons. The molecule has 0 saturated carbocycles. The largest absolute Gasteiger partial charge is 0.493 e. The van der Waals surface area contributed by atoms with Crippen molar-refractivity contribution >= 4 is 29.9 Å². The zero-order chi connectivity index (χ0) is 17.5. The third-order valence-corrected chi connectivity index (χ3v) is 4.02. The van der Waals surface area contributed by atoms with Crippen LogP contribution in [0.5, 0.6) is 5.75 Å². The summed E-state index contributed by atoms with van der Waals surface area (Å²) in [6.45, 7) is 7.96. The third kappa shape index (κ3) is 5.79. The zero-order valence-corrected chi connectivity index (χ0v) is 17.4. The molecule has 2 aromatic rings. The number of benzene rings is 1. The normalized spacial score (nSPS) is 16.0. The van der Waals surface area contributed by atoms with E-state index in [1.165, 1.54) is 5.56 Å². The number of nitrogens with one attached hydrogen (secondary N) is 2. The standard InChI is InChI=1S/C20H25N3O2.HI/c1-15(2)14-22-20(21-11-9-16-6-5-12-24-16)23-18-10-13-25-19-8-4-3-7-17(18)19;/h3-8,12,18H,1,9-11,13-14H2,2H3,(H2,21,22,23);1H. The number of guanidine groups is 1. The molecule has 1 aromatic carbocycles. The molecule has 0 saturated heterocycles. The smallest absolute Gasteiger partial charge is 0.192 e. The van der Waals surface area contributed by atoms with Crippen molar-refractivity contribution in [2.75, 3.05) is 19.7 Å². The highest BCUT2D eigenvalue weighted by molar-refractivity contribution is 14.0. The summed E-state index contributed by atoms with van der Waals surface area (Å²) in [5.41, 5.74) is 2.20. The van der Waals surface area contributed by atoms with E-state index < -0.39 is 0 Å². The highest BCUT2D eigenvalue weighted by Gasteiger charge is 2.21. The molecule has 0 fully saturated rings. The van der Waals surface area contributed by atoms with Crippen LogP contribution in [0.25, 0.3) is 0 Å². The van der Waals surface area contributed by atoms with Crippen LogP contribution in [-0.4, -0.2) is 25.7 Å². The summed E-state index contributed by atoms with van der Waals surface area (Å²) in [7, 11) is 0. The molecule has 1 aliphatic heterocycles. The van der Waals surface area contributed by atoms with Gasteiger partial charge in [-0.3, -0.25) is 0 Å². The maximum Gasteiger partial charge on any atom is 0.192 e. The van der Waals surface area contributed by atoms with Crippen molar-refractivity contribution in [1.82, 2.24) is 10.6 Å². The third-order valence-electron chi connectivity index (χ3n) is 4.02. The molecule has 0 amide bonds. The average molecular weight is 467 g/mol. The van der Waals surface area contributed by atoms with Crippen LogP contribution in [0.2, 0.25) is 0 Å². The minimum atomic E-state index is 0. The minimum absolute atomic E-state index is 0. The summed E-state index contributed by atoms with van der Waals surface area (Å²) in [6.07, 6.45) is 3.41. The Balaban J connectivity index is 0.00000243. The molecular formula is C20H26IN3O2. The van der Waals surface area contributed by atoms with Crippen molar-refractivity contribution < 1.29 is 9.15 Å². The molecule has 6 heteroatoms. The van der Waals surface area contributed by atoms with Crippen LogP contribution in [0.1, 0.15) is 30.7 Å². The fraction of sp³-hybridized carbons (Fsp3) is 0.350. The lowest BCUT2D eigenvalue weighted by Gasteiger charge is -2.28. The Hall–Kier alpha value is -1.96. The van der Waals surface area contributed by atoms with Gasteiger partial charge in [0.15, 0.2) is 5.96 Å². The van der Waals surface area contributed by atoms with Gasteiger partial charge in [0.2, 0.25) is 0 Å². The molecule has 1 aliphatic rings. The Morgan fingerprint density at radius 1 is 1.27 bits per heavy atom. The predicted molar refractivity (Wildman–Crippen MR) is 115 cm³/mol. The van der Waals surface area contributed by atoms with Gasteiger partial charge in [-0.15, -0.1) is 24.0 Å². The molecule has 2 heterocycles. The summed E-state index contributed by atoms with van der Waals surface area (Å²) in [4.78, 5) is 4.63. The highest BCUT2D eigenvalue weighted by Crippen LogP contribution is 2.31. The molecule has 1 unspecified atom stereocenters. The number of fused-ring (bicyclic) bond motifs is 1. The van der Waals surface area contributed by atoms with Gasteiger partial charge < -0.3 is 19.8 Å². The molecule has 3 rings (SSSR count). The number of nitrogens with zero attached hydrogens (tertiary/aromatic N) is 1. The van der Waals surface area contributed by atoms with Gasteiger partial charge in [0.05, 0.1) is 25.5 Å². The molecule has 2 N–H and O–H groups in total. The van der Waals surface area contributed by atoms with Gasteiger partial charge in [-0.1, -0.05) is 30.4 Å². The zero-order valence-electron chi connectivity index (χ0n) is 15.0. The van der Waals surface area contributed by atoms with E-state index in [-0.39, 0.29) is 30.0 Å². The minimum Gasteiger partial charge on any atom is -0.493 e. The topological polar surface area (TPSA) is 58.8 Å². The van der Waals surface area contributed by atoms with Gasteiger partial charge in [0.25, 0.3) is 0 Å². The van der Waals surface area contributed by atoms with E-state index in [2.05, 4.69) is 28.3 Å². The number of para-hydroxylation sites is 1. The summed E-state index contributed by atoms with van der Waals surface area (Å²) >= 11 is 0. The number of hydrogen-bond donors (Lipinski definition) is 2. The van der Waals surface area contributed by atoms with Gasteiger partial charge in [0, 0.05) is 24.9 Å². The Morgan fingerprint density at radius 2 is 2.12 bits per heavy atom. The number of halogens is 1. The van der Waals surface area contributed by atoms with E-state index in [4.69, 9.17) is 9.15 Å². The first kappa shape index (κ1) is 20.4. The predicted octanol–water partition coefficient (Wildman–Crippen LogP) is 4.08. The van der Waals surface area contributed by atoms with E-state index in [1.807, 2.05) is 37.3 Å². The van der Waals surface area contributed by atoms with E-state index in [1.54, 1.807) is 6.26 Å². The lowest BCUT2D eigenvalue weighted by atomic mass is 10.0. The number of aliphatic imine (C=N–C) groups is 1. The lowest BCUT2D eigenvalue weighted by Crippen LogP contribution is -2.42. The fourth-order valence-electron chi connectivity index (χ4n) is 2.78. The summed E-state index contributed by atoms with van der Waals surface area (Å²) in [5.74, 6) is 2.69. The van der Waals surface area contributed by atoms with Crippen molar-refractivity contribution in [3.63, 3.8) is 0 Å². The number of hydrogen-bond acceptors (Lipinski definition) is 3. The first-order chi connectivity index (χ1) is 12.2. The van der Waals surface area contributed by atoms with Gasteiger partial charge >= 0.3 is 0 Å². The molecule has 0 spiro atoms. The number of furan rings is 1. The second kappa shape index (κ2) is 10.3. The number of rotatable bonds is 6. The van der Waals surface area contributed by atoms with Crippen LogP contribution < -0.4 is 15.4 Å². The molecular weight excluding hydrogens is 441 g/mol. The summed E-state index contributed by atoms with van der Waals surface area (Å²) < 4.78 is 11.1. The van der Waals surface area contributed by atoms with Gasteiger partial charge in [-0.25, -0.2) is 4.99 Å². The lowest BCUT2D eigenvalue weighted by molar-refractivity contribution is 0.261. The van der Waals surface area contributed by atoms with E-state index in [9.17, 15) is 0 Å². The maximum absolute atomic E-state index is 5.74. The van der Waals surface area contributed by atoms with Crippen molar-refractivity contribution in [2.45, 2.75) is 25.8 Å². The second-order valence-electron chi connectivity index (χ2n) is 6.25. The molecule has 0 radical (unpaired) electrons. The monoisotopic (exact) mass is 467 g/mol. The fourth-order valence-corrected chi connectivity index (χ4v) is 2.78. The molecule has 26 heavy (non-hydrogen) atoms. The van der Waals surface area contributed by atoms with Crippen LogP contribution in [0.4, 0.5) is 0 Å². The number of ether oxygens (including phenoxy) is 1. The van der Waals surface area contributed by atoms with E-state index >= 15 is 0 Å². The molecule has 1 aromatic heterocycles. The first-order valence-electron chi connectivity index (χ1n) is 8.65. The quantitative estimate of drug-likeness (QED) is 0.291.